The molecule has 23 heavy (non-hydrogen) atoms. The van der Waals surface area contributed by atoms with Gasteiger partial charge in [-0.2, -0.15) is 0 Å². The number of hydrogen-bond acceptors (Lipinski definition) is 3. The number of Topliss-reactive ketones (excluding diaryl/α,β-unsaturated/α-hetero) is 1. The lowest BCUT2D eigenvalue weighted by Crippen LogP contribution is -2.24. The number of carbonyl (C=O) groups excluding carboxylic acids is 2. The predicted octanol–water partition coefficient (Wildman–Crippen LogP) is 3.50. The lowest BCUT2D eigenvalue weighted by molar-refractivity contribution is -0.139. The van der Waals surface area contributed by atoms with Gasteiger partial charge in [-0.3, -0.25) is 9.59 Å². The number of likely N-dealkylation sites (N-methyl/N-ethyl adjacent to an activating group) is 1. The van der Waals surface area contributed by atoms with Crippen molar-refractivity contribution in [2.24, 2.45) is 0 Å². The van der Waals surface area contributed by atoms with Crippen LogP contribution >= 0.6 is 15.9 Å². The van der Waals surface area contributed by atoms with E-state index in [1.807, 2.05) is 30.3 Å². The van der Waals surface area contributed by atoms with Gasteiger partial charge in [0, 0.05) is 17.1 Å². The van der Waals surface area contributed by atoms with Crippen molar-refractivity contribution in [1.29, 1.82) is 0 Å². The molecule has 0 saturated carbocycles. The molecule has 2 aromatic carbocycles. The molecule has 116 valence electrons. The molecular weight excluding hydrogens is 358 g/mol. The normalized spacial score (nSPS) is 20.1. The molecule has 0 spiro atoms. The van der Waals surface area contributed by atoms with Gasteiger partial charge < -0.3 is 10.0 Å². The molecule has 3 rings (SSSR count). The van der Waals surface area contributed by atoms with Crippen LogP contribution in [0.1, 0.15) is 17.2 Å². The predicted molar refractivity (Wildman–Crippen MR) is 90.7 cm³/mol. The molecule has 1 fully saturated rings. The molecule has 1 saturated heterocycles. The van der Waals surface area contributed by atoms with Crippen LogP contribution in [0.3, 0.4) is 0 Å². The highest BCUT2D eigenvalue weighted by molar-refractivity contribution is 9.10. The maximum absolute atomic E-state index is 12.4. The second-order valence-corrected chi connectivity index (χ2v) is 6.24. The van der Waals surface area contributed by atoms with E-state index in [2.05, 4.69) is 15.9 Å². The first-order chi connectivity index (χ1) is 11.0. The van der Waals surface area contributed by atoms with Gasteiger partial charge >= 0.3 is 0 Å². The summed E-state index contributed by atoms with van der Waals surface area (Å²) in [6.07, 6.45) is 0. The SMILES string of the molecule is CN1C(=O)C(=O)/C(=C(\O)c2ccc(Br)cc2)C1c1ccccc1. The topological polar surface area (TPSA) is 57.6 Å². The van der Waals surface area contributed by atoms with Crippen molar-refractivity contribution < 1.29 is 14.7 Å². The number of ketones is 1. The van der Waals surface area contributed by atoms with Gasteiger partial charge in [-0.15, -0.1) is 0 Å². The van der Waals surface area contributed by atoms with Crippen LogP contribution in [-0.2, 0) is 9.59 Å². The van der Waals surface area contributed by atoms with Crippen LogP contribution in [0.2, 0.25) is 0 Å². The van der Waals surface area contributed by atoms with Crippen molar-refractivity contribution >= 4 is 33.4 Å². The lowest BCUT2D eigenvalue weighted by Gasteiger charge is -2.20. The van der Waals surface area contributed by atoms with Crippen molar-refractivity contribution in [2.75, 3.05) is 7.05 Å². The summed E-state index contributed by atoms with van der Waals surface area (Å²) in [5, 5.41) is 10.6. The maximum Gasteiger partial charge on any atom is 0.295 e. The molecule has 1 atom stereocenters. The third-order valence-corrected chi connectivity index (χ3v) is 4.44. The first-order valence-corrected chi connectivity index (χ1v) is 7.85. The molecule has 0 aliphatic carbocycles. The monoisotopic (exact) mass is 371 g/mol. The van der Waals surface area contributed by atoms with Gasteiger partial charge in [0.25, 0.3) is 11.7 Å². The molecule has 1 aliphatic rings. The van der Waals surface area contributed by atoms with E-state index in [-0.39, 0.29) is 11.3 Å². The molecule has 2 aromatic rings. The summed E-state index contributed by atoms with van der Waals surface area (Å²) in [4.78, 5) is 25.8. The van der Waals surface area contributed by atoms with Gasteiger partial charge in [-0.25, -0.2) is 0 Å². The van der Waals surface area contributed by atoms with Crippen LogP contribution in [0.4, 0.5) is 0 Å². The summed E-state index contributed by atoms with van der Waals surface area (Å²) >= 11 is 3.33. The average molecular weight is 372 g/mol. The number of aliphatic hydroxyl groups is 1. The van der Waals surface area contributed by atoms with Gasteiger partial charge in [-0.05, 0) is 17.7 Å². The Balaban J connectivity index is 2.17. The lowest BCUT2D eigenvalue weighted by atomic mass is 9.95. The van der Waals surface area contributed by atoms with E-state index in [4.69, 9.17) is 0 Å². The second-order valence-electron chi connectivity index (χ2n) is 5.33. The Bertz CT molecular complexity index is 797. The molecule has 1 N–H and O–H groups in total. The number of nitrogens with zero attached hydrogens (tertiary/aromatic N) is 1. The van der Waals surface area contributed by atoms with Gasteiger partial charge in [-0.1, -0.05) is 58.4 Å². The minimum atomic E-state index is -0.665. The molecule has 0 bridgehead atoms. The Hall–Kier alpha value is -2.40. The van der Waals surface area contributed by atoms with Crippen LogP contribution in [0.25, 0.3) is 5.76 Å². The molecule has 5 heteroatoms. The van der Waals surface area contributed by atoms with E-state index in [0.29, 0.717) is 5.56 Å². The quantitative estimate of drug-likeness (QED) is 0.499. The number of hydrogen-bond donors (Lipinski definition) is 1. The van der Waals surface area contributed by atoms with Crippen LogP contribution in [0, 0.1) is 0 Å². The molecule has 1 amide bonds. The number of benzene rings is 2. The largest absolute Gasteiger partial charge is 0.507 e. The third-order valence-electron chi connectivity index (χ3n) is 3.91. The van der Waals surface area contributed by atoms with Crippen molar-refractivity contribution in [3.63, 3.8) is 0 Å². The number of carbonyl (C=O) groups is 2. The Kier molecular flexibility index (Phi) is 4.05. The molecule has 0 aromatic heterocycles. The van der Waals surface area contributed by atoms with Crippen molar-refractivity contribution in [3.8, 4) is 0 Å². The minimum Gasteiger partial charge on any atom is -0.507 e. The van der Waals surface area contributed by atoms with Gasteiger partial charge in [0.15, 0.2) is 0 Å². The fourth-order valence-electron chi connectivity index (χ4n) is 2.74. The average Bonchev–Trinajstić information content (AvgIpc) is 2.80. The molecule has 4 nitrogen and oxygen atoms in total. The van der Waals surface area contributed by atoms with E-state index in [0.717, 1.165) is 10.0 Å². The Labute approximate surface area is 142 Å². The van der Waals surface area contributed by atoms with E-state index < -0.39 is 17.7 Å². The van der Waals surface area contributed by atoms with Crippen LogP contribution in [-0.4, -0.2) is 28.7 Å². The van der Waals surface area contributed by atoms with E-state index in [1.165, 1.54) is 4.90 Å². The van der Waals surface area contributed by atoms with Crippen molar-refractivity contribution in [1.82, 2.24) is 4.90 Å². The van der Waals surface area contributed by atoms with E-state index in [9.17, 15) is 14.7 Å². The van der Waals surface area contributed by atoms with Gasteiger partial charge in [0.2, 0.25) is 0 Å². The van der Waals surface area contributed by atoms with Crippen LogP contribution < -0.4 is 0 Å². The van der Waals surface area contributed by atoms with Crippen LogP contribution in [0.5, 0.6) is 0 Å². The number of aliphatic hydroxyl groups excluding tert-OH is 1. The number of likely N-dealkylation sites (tertiary alicyclic amines) is 1. The summed E-state index contributed by atoms with van der Waals surface area (Å²) in [6.45, 7) is 0. The van der Waals surface area contributed by atoms with Crippen molar-refractivity contribution in [3.05, 3.63) is 75.8 Å². The summed E-state index contributed by atoms with van der Waals surface area (Å²) in [5.41, 5.74) is 1.40. The third kappa shape index (κ3) is 2.68. The van der Waals surface area contributed by atoms with Gasteiger partial charge in [0.1, 0.15) is 5.76 Å². The number of amides is 1. The summed E-state index contributed by atoms with van der Waals surface area (Å²) in [7, 11) is 1.57. The molecular formula is C18H14BrNO3. The molecule has 1 aliphatic heterocycles. The number of rotatable bonds is 2. The van der Waals surface area contributed by atoms with Gasteiger partial charge in [0.05, 0.1) is 11.6 Å². The zero-order chi connectivity index (χ0) is 16.6. The highest BCUT2D eigenvalue weighted by Crippen LogP contribution is 2.38. The fourth-order valence-corrected chi connectivity index (χ4v) is 3.00. The van der Waals surface area contributed by atoms with E-state index >= 15 is 0 Å². The summed E-state index contributed by atoms with van der Waals surface area (Å²) in [6, 6.07) is 15.6. The first-order valence-electron chi connectivity index (χ1n) is 7.06. The Morgan fingerprint density at radius 1 is 1.04 bits per heavy atom. The van der Waals surface area contributed by atoms with Crippen molar-refractivity contribution in [2.45, 2.75) is 6.04 Å². The highest BCUT2D eigenvalue weighted by atomic mass is 79.9. The van der Waals surface area contributed by atoms with Crippen LogP contribution in [0.15, 0.2) is 64.6 Å². The standard InChI is InChI=1S/C18H14BrNO3/c1-20-15(11-5-3-2-4-6-11)14(17(22)18(20)23)16(21)12-7-9-13(19)10-8-12/h2-10,15,21H,1H3/b16-14-. The minimum absolute atomic E-state index is 0.117. The zero-order valence-electron chi connectivity index (χ0n) is 12.4. The fraction of sp³-hybridized carbons (Fsp3) is 0.111. The second kappa shape index (κ2) is 6.01. The summed E-state index contributed by atoms with van der Waals surface area (Å²) in [5.74, 6) is -1.44. The first kappa shape index (κ1) is 15.5. The molecule has 0 radical (unpaired) electrons. The summed E-state index contributed by atoms with van der Waals surface area (Å²) < 4.78 is 0.865. The Morgan fingerprint density at radius 3 is 2.26 bits per heavy atom. The number of halogens is 1. The smallest absolute Gasteiger partial charge is 0.295 e. The highest BCUT2D eigenvalue weighted by Gasteiger charge is 2.44. The maximum atomic E-state index is 12.4. The molecule has 1 unspecified atom stereocenters. The van der Waals surface area contributed by atoms with E-state index in [1.54, 1.807) is 31.3 Å². The zero-order valence-corrected chi connectivity index (χ0v) is 13.9. The molecule has 1 heterocycles. The Morgan fingerprint density at radius 2 is 1.65 bits per heavy atom.